The van der Waals surface area contributed by atoms with Crippen LogP contribution in [0, 0.1) is 0 Å². The molecule has 4 nitrogen and oxygen atoms in total. The topological polar surface area (TPSA) is 49.4 Å². The van der Waals surface area contributed by atoms with Gasteiger partial charge in [-0.05, 0) is 48.1 Å². The Morgan fingerprint density at radius 1 is 0.875 bits per heavy atom. The zero-order valence-corrected chi connectivity index (χ0v) is 19.4. The Labute approximate surface area is 191 Å². The average Bonchev–Trinajstić information content (AvgIpc) is 2.82. The van der Waals surface area contributed by atoms with Crippen LogP contribution in [0.25, 0.3) is 10.8 Å². The lowest BCUT2D eigenvalue weighted by Crippen LogP contribution is -2.50. The Morgan fingerprint density at radius 2 is 1.56 bits per heavy atom. The second kappa shape index (κ2) is 11.5. The number of carbonyl (C=O) groups excluding carboxylic acids is 2. The van der Waals surface area contributed by atoms with Gasteiger partial charge in [0, 0.05) is 19.0 Å². The smallest absolute Gasteiger partial charge is 0.243 e. The van der Waals surface area contributed by atoms with E-state index in [4.69, 9.17) is 0 Å². The van der Waals surface area contributed by atoms with Gasteiger partial charge >= 0.3 is 0 Å². The minimum atomic E-state index is -0.482. The molecule has 3 aromatic carbocycles. The lowest BCUT2D eigenvalue weighted by Gasteiger charge is -2.31. The summed E-state index contributed by atoms with van der Waals surface area (Å²) in [6.07, 6.45) is 2.45. The normalized spacial score (nSPS) is 12.8. The molecular weight excluding hydrogens is 396 g/mol. The average molecular weight is 431 g/mol. The van der Waals surface area contributed by atoms with Gasteiger partial charge in [-0.1, -0.05) is 86.6 Å². The molecule has 3 rings (SSSR count). The first-order valence-corrected chi connectivity index (χ1v) is 11.6. The second-order valence-corrected chi connectivity index (χ2v) is 8.39. The van der Waals surface area contributed by atoms with Crippen molar-refractivity contribution in [3.63, 3.8) is 0 Å². The third kappa shape index (κ3) is 5.97. The molecular formula is C28H34N2O2. The van der Waals surface area contributed by atoms with Crippen LogP contribution < -0.4 is 5.32 Å². The van der Waals surface area contributed by atoms with Crippen molar-refractivity contribution >= 4 is 22.6 Å². The number of nitrogens with one attached hydrogen (secondary N) is 1. The van der Waals surface area contributed by atoms with Crippen LogP contribution in [-0.4, -0.2) is 28.8 Å². The number of benzene rings is 3. The number of amides is 2. The highest BCUT2D eigenvalue weighted by Crippen LogP contribution is 2.21. The fourth-order valence-corrected chi connectivity index (χ4v) is 4.04. The Balaban J connectivity index is 1.81. The van der Waals surface area contributed by atoms with Crippen molar-refractivity contribution in [1.29, 1.82) is 0 Å². The Bertz CT molecular complexity index is 1030. The summed E-state index contributed by atoms with van der Waals surface area (Å²) in [4.78, 5) is 28.2. The maximum atomic E-state index is 13.5. The molecule has 32 heavy (non-hydrogen) atoms. The minimum absolute atomic E-state index is 0.00735. The number of aryl methyl sites for hydroxylation is 1. The van der Waals surface area contributed by atoms with E-state index in [0.29, 0.717) is 25.8 Å². The molecule has 2 atom stereocenters. The van der Waals surface area contributed by atoms with Crippen LogP contribution in [0.2, 0.25) is 0 Å². The molecule has 0 spiro atoms. The summed E-state index contributed by atoms with van der Waals surface area (Å²) in [6, 6.07) is 24.0. The van der Waals surface area contributed by atoms with Gasteiger partial charge in [0.2, 0.25) is 11.8 Å². The highest BCUT2D eigenvalue weighted by molar-refractivity contribution is 5.89. The van der Waals surface area contributed by atoms with Gasteiger partial charge in [0.1, 0.15) is 6.04 Å². The van der Waals surface area contributed by atoms with Gasteiger partial charge in [-0.25, -0.2) is 0 Å². The summed E-state index contributed by atoms with van der Waals surface area (Å²) in [5.74, 6) is -0.0655. The number of carbonyl (C=O) groups is 2. The summed E-state index contributed by atoms with van der Waals surface area (Å²) in [5, 5.41) is 5.43. The highest BCUT2D eigenvalue weighted by Gasteiger charge is 2.29. The Morgan fingerprint density at radius 3 is 2.28 bits per heavy atom. The summed E-state index contributed by atoms with van der Waals surface area (Å²) < 4.78 is 0. The summed E-state index contributed by atoms with van der Waals surface area (Å²) >= 11 is 0. The first-order valence-electron chi connectivity index (χ1n) is 11.6. The molecule has 3 aromatic rings. The van der Waals surface area contributed by atoms with E-state index in [2.05, 4.69) is 29.6 Å². The fraction of sp³-hybridized carbons (Fsp3) is 0.357. The van der Waals surface area contributed by atoms with Crippen LogP contribution in [-0.2, 0) is 22.6 Å². The van der Waals surface area contributed by atoms with E-state index >= 15 is 0 Å². The van der Waals surface area contributed by atoms with Crippen molar-refractivity contribution in [2.45, 2.75) is 65.1 Å². The highest BCUT2D eigenvalue weighted by atomic mass is 16.2. The Kier molecular flexibility index (Phi) is 8.43. The van der Waals surface area contributed by atoms with E-state index in [-0.39, 0.29) is 17.9 Å². The first-order chi connectivity index (χ1) is 15.5. The number of hydrogen-bond donors (Lipinski definition) is 1. The molecule has 0 aromatic heterocycles. The lowest BCUT2D eigenvalue weighted by molar-refractivity contribution is -0.141. The van der Waals surface area contributed by atoms with Crippen LogP contribution in [0.15, 0.2) is 72.8 Å². The van der Waals surface area contributed by atoms with Gasteiger partial charge < -0.3 is 10.2 Å². The molecule has 0 aliphatic heterocycles. The van der Waals surface area contributed by atoms with Crippen molar-refractivity contribution in [2.24, 2.45) is 0 Å². The number of rotatable bonds is 10. The molecule has 168 valence electrons. The van der Waals surface area contributed by atoms with E-state index in [1.54, 1.807) is 4.90 Å². The SMILES string of the molecule is CC[C@@H](C)NC(=O)[C@@H](CC)N(Cc1ccccc1)C(=O)CCc1cccc2ccccc12. The Hall–Kier alpha value is -3.14. The van der Waals surface area contributed by atoms with Crippen LogP contribution in [0.5, 0.6) is 0 Å². The monoisotopic (exact) mass is 430 g/mol. The molecule has 0 saturated heterocycles. The van der Waals surface area contributed by atoms with Crippen molar-refractivity contribution in [1.82, 2.24) is 10.2 Å². The fourth-order valence-electron chi connectivity index (χ4n) is 4.04. The summed E-state index contributed by atoms with van der Waals surface area (Å²) in [7, 11) is 0. The number of fused-ring (bicyclic) bond motifs is 1. The molecule has 0 fully saturated rings. The number of nitrogens with zero attached hydrogens (tertiary/aromatic N) is 1. The molecule has 0 aliphatic rings. The largest absolute Gasteiger partial charge is 0.352 e. The molecule has 0 heterocycles. The predicted octanol–water partition coefficient (Wildman–Crippen LogP) is 5.49. The molecule has 0 saturated carbocycles. The van der Waals surface area contributed by atoms with Gasteiger partial charge in [-0.2, -0.15) is 0 Å². The predicted molar refractivity (Wildman–Crippen MR) is 131 cm³/mol. The molecule has 0 bridgehead atoms. The summed E-state index contributed by atoms with van der Waals surface area (Å²) in [6.45, 7) is 6.44. The van der Waals surface area contributed by atoms with Crippen LogP contribution >= 0.6 is 0 Å². The van der Waals surface area contributed by atoms with Crippen LogP contribution in [0.3, 0.4) is 0 Å². The maximum Gasteiger partial charge on any atom is 0.243 e. The van der Waals surface area contributed by atoms with E-state index in [1.807, 2.05) is 69.3 Å². The van der Waals surface area contributed by atoms with Crippen LogP contribution in [0.4, 0.5) is 0 Å². The molecule has 4 heteroatoms. The zero-order valence-electron chi connectivity index (χ0n) is 19.4. The third-order valence-corrected chi connectivity index (χ3v) is 6.07. The van der Waals surface area contributed by atoms with Gasteiger partial charge in [-0.15, -0.1) is 0 Å². The van der Waals surface area contributed by atoms with Gasteiger partial charge in [0.15, 0.2) is 0 Å². The van der Waals surface area contributed by atoms with E-state index < -0.39 is 6.04 Å². The quantitative estimate of drug-likeness (QED) is 0.462. The second-order valence-electron chi connectivity index (χ2n) is 8.39. The summed E-state index contributed by atoms with van der Waals surface area (Å²) in [5.41, 5.74) is 2.19. The van der Waals surface area contributed by atoms with Crippen molar-refractivity contribution in [3.05, 3.63) is 83.9 Å². The van der Waals surface area contributed by atoms with Crippen LogP contribution in [0.1, 0.15) is 51.2 Å². The molecule has 0 unspecified atom stereocenters. The number of hydrogen-bond acceptors (Lipinski definition) is 2. The minimum Gasteiger partial charge on any atom is -0.352 e. The molecule has 2 amide bonds. The van der Waals surface area contributed by atoms with E-state index in [9.17, 15) is 9.59 Å². The van der Waals surface area contributed by atoms with Crippen molar-refractivity contribution < 1.29 is 9.59 Å². The molecule has 0 aliphatic carbocycles. The van der Waals surface area contributed by atoms with Gasteiger partial charge in [0.25, 0.3) is 0 Å². The zero-order chi connectivity index (χ0) is 22.9. The van der Waals surface area contributed by atoms with E-state index in [1.165, 1.54) is 10.8 Å². The standard InChI is InChI=1S/C28H34N2O2/c1-4-21(3)29-28(32)26(5-2)30(20-22-12-7-6-8-13-22)27(31)19-18-24-16-11-15-23-14-9-10-17-25(23)24/h6-17,21,26H,4-5,18-20H2,1-3H3,(H,29,32)/t21-,26-/m1/s1. The van der Waals surface area contributed by atoms with Gasteiger partial charge in [0.05, 0.1) is 0 Å². The van der Waals surface area contributed by atoms with E-state index in [0.717, 1.165) is 17.5 Å². The van der Waals surface area contributed by atoms with Gasteiger partial charge in [-0.3, -0.25) is 9.59 Å². The van der Waals surface area contributed by atoms with Crippen molar-refractivity contribution in [2.75, 3.05) is 0 Å². The molecule has 0 radical (unpaired) electrons. The van der Waals surface area contributed by atoms with Crippen molar-refractivity contribution in [3.8, 4) is 0 Å². The first kappa shape index (κ1) is 23.5. The molecule has 1 N–H and O–H groups in total. The lowest BCUT2D eigenvalue weighted by atomic mass is 10.00. The maximum absolute atomic E-state index is 13.5. The third-order valence-electron chi connectivity index (χ3n) is 6.07.